The summed E-state index contributed by atoms with van der Waals surface area (Å²) in [6.07, 6.45) is 6.27. The Balaban J connectivity index is 2.85. The zero-order valence-electron chi connectivity index (χ0n) is 9.95. The number of allylic oxidation sites excluding steroid dienone is 2. The fourth-order valence-corrected chi connectivity index (χ4v) is 1.86. The van der Waals surface area contributed by atoms with E-state index >= 15 is 0 Å². The predicted molar refractivity (Wildman–Crippen MR) is 61.5 cm³/mol. The molecule has 0 aromatic carbocycles. The van der Waals surface area contributed by atoms with Gasteiger partial charge >= 0.3 is 0 Å². The van der Waals surface area contributed by atoms with E-state index < -0.39 is 5.60 Å². The van der Waals surface area contributed by atoms with Crippen LogP contribution in [0.25, 0.3) is 0 Å². The fourth-order valence-electron chi connectivity index (χ4n) is 1.86. The molecule has 15 heavy (non-hydrogen) atoms. The van der Waals surface area contributed by atoms with E-state index in [0.717, 1.165) is 5.57 Å². The summed E-state index contributed by atoms with van der Waals surface area (Å²) in [6, 6.07) is 0. The third-order valence-electron chi connectivity index (χ3n) is 2.90. The van der Waals surface area contributed by atoms with Crippen LogP contribution in [0, 0.1) is 11.8 Å². The standard InChI is InChI=1S/C13H20O2/c1-9(2)11-5-6-12(7-10(3)14)13(4,15)8-11/h5-6,8-9,12,15H,7H2,1-4H3. The third kappa shape index (κ3) is 3.03. The lowest BCUT2D eigenvalue weighted by Crippen LogP contribution is -2.34. The molecule has 1 rings (SSSR count). The van der Waals surface area contributed by atoms with E-state index in [9.17, 15) is 9.90 Å². The molecule has 1 N–H and O–H groups in total. The normalized spacial score (nSPS) is 30.5. The average molecular weight is 208 g/mol. The van der Waals surface area contributed by atoms with Crippen LogP contribution in [-0.4, -0.2) is 16.5 Å². The van der Waals surface area contributed by atoms with Crippen LogP contribution in [0.2, 0.25) is 0 Å². The van der Waals surface area contributed by atoms with Crippen molar-refractivity contribution >= 4 is 5.78 Å². The molecule has 0 aromatic heterocycles. The van der Waals surface area contributed by atoms with Gasteiger partial charge in [-0.05, 0) is 31.4 Å². The molecular formula is C13H20O2. The molecule has 0 amide bonds. The SMILES string of the molecule is CC(=O)CC1C=CC(C(C)C)=CC1(C)O. The number of carbonyl (C=O) groups is 1. The van der Waals surface area contributed by atoms with Crippen LogP contribution in [0.1, 0.15) is 34.1 Å². The van der Waals surface area contributed by atoms with Gasteiger partial charge in [-0.15, -0.1) is 0 Å². The minimum Gasteiger partial charge on any atom is -0.385 e. The first-order valence-corrected chi connectivity index (χ1v) is 5.45. The highest BCUT2D eigenvalue weighted by Gasteiger charge is 2.31. The number of Topliss-reactive ketones (excluding diaryl/α,β-unsaturated/α-hetero) is 1. The molecular weight excluding hydrogens is 188 g/mol. The molecule has 0 radical (unpaired) electrons. The van der Waals surface area contributed by atoms with E-state index in [-0.39, 0.29) is 11.7 Å². The lowest BCUT2D eigenvalue weighted by molar-refractivity contribution is -0.118. The highest BCUT2D eigenvalue weighted by Crippen LogP contribution is 2.31. The molecule has 1 aliphatic rings. The van der Waals surface area contributed by atoms with Gasteiger partial charge in [-0.2, -0.15) is 0 Å². The van der Waals surface area contributed by atoms with Crippen LogP contribution in [-0.2, 0) is 4.79 Å². The van der Waals surface area contributed by atoms with Gasteiger partial charge in [0.05, 0.1) is 5.60 Å². The van der Waals surface area contributed by atoms with Crippen molar-refractivity contribution in [3.05, 3.63) is 23.8 Å². The average Bonchev–Trinajstić information content (AvgIpc) is 2.07. The van der Waals surface area contributed by atoms with Crippen molar-refractivity contribution in [2.45, 2.75) is 39.7 Å². The Kier molecular flexibility index (Phi) is 3.50. The van der Waals surface area contributed by atoms with E-state index in [0.29, 0.717) is 12.3 Å². The summed E-state index contributed by atoms with van der Waals surface area (Å²) >= 11 is 0. The number of hydrogen-bond acceptors (Lipinski definition) is 2. The van der Waals surface area contributed by atoms with Crippen molar-refractivity contribution in [2.24, 2.45) is 11.8 Å². The topological polar surface area (TPSA) is 37.3 Å². The lowest BCUT2D eigenvalue weighted by atomic mass is 9.78. The van der Waals surface area contributed by atoms with E-state index in [1.165, 1.54) is 0 Å². The van der Waals surface area contributed by atoms with Crippen LogP contribution in [0.4, 0.5) is 0 Å². The number of hydrogen-bond donors (Lipinski definition) is 1. The van der Waals surface area contributed by atoms with Gasteiger partial charge in [0, 0.05) is 12.3 Å². The van der Waals surface area contributed by atoms with E-state index in [2.05, 4.69) is 13.8 Å². The first-order chi connectivity index (χ1) is 6.83. The number of carbonyl (C=O) groups excluding carboxylic acids is 1. The molecule has 1 aliphatic carbocycles. The Morgan fingerprint density at radius 1 is 1.60 bits per heavy atom. The summed E-state index contributed by atoms with van der Waals surface area (Å²) in [5.41, 5.74) is 0.250. The van der Waals surface area contributed by atoms with Crippen LogP contribution < -0.4 is 0 Å². The molecule has 2 nitrogen and oxygen atoms in total. The van der Waals surface area contributed by atoms with Gasteiger partial charge in [0.25, 0.3) is 0 Å². The third-order valence-corrected chi connectivity index (χ3v) is 2.90. The largest absolute Gasteiger partial charge is 0.385 e. The second kappa shape index (κ2) is 4.31. The van der Waals surface area contributed by atoms with Gasteiger partial charge in [0.15, 0.2) is 0 Å². The summed E-state index contributed by atoms with van der Waals surface area (Å²) in [4.78, 5) is 11.0. The van der Waals surface area contributed by atoms with E-state index in [4.69, 9.17) is 0 Å². The second-order valence-electron chi connectivity index (χ2n) is 4.90. The Morgan fingerprint density at radius 3 is 2.60 bits per heavy atom. The van der Waals surface area contributed by atoms with Crippen LogP contribution in [0.3, 0.4) is 0 Å². The smallest absolute Gasteiger partial charge is 0.130 e. The molecule has 0 aromatic rings. The number of aliphatic hydroxyl groups is 1. The van der Waals surface area contributed by atoms with E-state index in [1.807, 2.05) is 18.2 Å². The van der Waals surface area contributed by atoms with Gasteiger partial charge in [-0.1, -0.05) is 26.0 Å². The lowest BCUT2D eigenvalue weighted by Gasteiger charge is -2.32. The molecule has 0 fully saturated rings. The monoisotopic (exact) mass is 208 g/mol. The second-order valence-corrected chi connectivity index (χ2v) is 4.90. The van der Waals surface area contributed by atoms with Gasteiger partial charge < -0.3 is 9.90 Å². The Bertz CT molecular complexity index is 308. The summed E-state index contributed by atoms with van der Waals surface area (Å²) in [5.74, 6) is 0.440. The molecule has 2 unspecified atom stereocenters. The summed E-state index contributed by atoms with van der Waals surface area (Å²) in [6.45, 7) is 7.52. The first-order valence-electron chi connectivity index (χ1n) is 5.45. The van der Waals surface area contributed by atoms with Crippen molar-refractivity contribution in [3.63, 3.8) is 0 Å². The maximum Gasteiger partial charge on any atom is 0.130 e. The highest BCUT2D eigenvalue weighted by molar-refractivity contribution is 5.76. The molecule has 0 bridgehead atoms. The number of ketones is 1. The van der Waals surface area contributed by atoms with Crippen molar-refractivity contribution in [3.8, 4) is 0 Å². The molecule has 2 heteroatoms. The first kappa shape index (κ1) is 12.2. The van der Waals surface area contributed by atoms with E-state index in [1.54, 1.807) is 13.8 Å². The van der Waals surface area contributed by atoms with Crippen molar-refractivity contribution < 1.29 is 9.90 Å². The summed E-state index contributed by atoms with van der Waals surface area (Å²) in [7, 11) is 0. The van der Waals surface area contributed by atoms with Gasteiger partial charge in [0.1, 0.15) is 5.78 Å². The Hall–Kier alpha value is -0.890. The fraction of sp³-hybridized carbons (Fsp3) is 0.615. The molecule has 2 atom stereocenters. The molecule has 0 aliphatic heterocycles. The summed E-state index contributed by atoms with van der Waals surface area (Å²) < 4.78 is 0. The van der Waals surface area contributed by atoms with Gasteiger partial charge in [-0.3, -0.25) is 0 Å². The molecule has 0 saturated carbocycles. The van der Waals surface area contributed by atoms with Gasteiger partial charge in [0.2, 0.25) is 0 Å². The maximum atomic E-state index is 11.0. The minimum atomic E-state index is -0.889. The highest BCUT2D eigenvalue weighted by atomic mass is 16.3. The van der Waals surface area contributed by atoms with Crippen molar-refractivity contribution in [1.82, 2.24) is 0 Å². The quantitative estimate of drug-likeness (QED) is 0.773. The van der Waals surface area contributed by atoms with Crippen LogP contribution in [0.5, 0.6) is 0 Å². The molecule has 0 saturated heterocycles. The van der Waals surface area contributed by atoms with Crippen molar-refractivity contribution in [1.29, 1.82) is 0 Å². The zero-order valence-corrected chi connectivity index (χ0v) is 9.95. The van der Waals surface area contributed by atoms with Crippen molar-refractivity contribution in [2.75, 3.05) is 0 Å². The molecule has 0 heterocycles. The zero-order chi connectivity index (χ0) is 11.6. The summed E-state index contributed by atoms with van der Waals surface area (Å²) in [5, 5.41) is 10.2. The molecule has 0 spiro atoms. The number of rotatable bonds is 3. The Morgan fingerprint density at radius 2 is 2.20 bits per heavy atom. The van der Waals surface area contributed by atoms with Crippen LogP contribution >= 0.6 is 0 Å². The van der Waals surface area contributed by atoms with Crippen LogP contribution in [0.15, 0.2) is 23.8 Å². The molecule has 84 valence electrons. The minimum absolute atomic E-state index is 0.0856. The van der Waals surface area contributed by atoms with Gasteiger partial charge in [-0.25, -0.2) is 0 Å². The Labute approximate surface area is 91.7 Å². The predicted octanol–water partition coefficient (Wildman–Crippen LogP) is 2.48. The maximum absolute atomic E-state index is 11.0.